The van der Waals surface area contributed by atoms with Gasteiger partial charge in [0, 0.05) is 30.9 Å². The molecule has 1 aliphatic rings. The summed E-state index contributed by atoms with van der Waals surface area (Å²) in [6.07, 6.45) is 4.18. The molecule has 2 heterocycles. The fourth-order valence-electron chi connectivity index (χ4n) is 2.14. The maximum atomic E-state index is 12.0. The van der Waals surface area contributed by atoms with Crippen LogP contribution in [-0.2, 0) is 24.4 Å². The first-order valence-corrected chi connectivity index (χ1v) is 6.29. The van der Waals surface area contributed by atoms with Crippen molar-refractivity contribution in [3.05, 3.63) is 53.1 Å². The number of H-pyrrole nitrogens is 1. The Hall–Kier alpha value is -2.14. The highest BCUT2D eigenvalue weighted by molar-refractivity contribution is 5.94. The van der Waals surface area contributed by atoms with E-state index in [9.17, 15) is 4.79 Å². The summed E-state index contributed by atoms with van der Waals surface area (Å²) in [6, 6.07) is 5.71. The molecular formula is C14H15N3O2. The number of benzene rings is 1. The smallest absolute Gasteiger partial charge is 0.251 e. The lowest BCUT2D eigenvalue weighted by Gasteiger charge is -2.05. The van der Waals surface area contributed by atoms with Crippen LogP contribution in [0.5, 0.6) is 0 Å². The van der Waals surface area contributed by atoms with Crippen LogP contribution in [0.4, 0.5) is 0 Å². The molecule has 0 saturated carbocycles. The Bertz CT molecular complexity index is 578. The fraction of sp³-hybridized carbons (Fsp3) is 0.286. The average molecular weight is 257 g/mol. The van der Waals surface area contributed by atoms with Gasteiger partial charge in [-0.05, 0) is 23.3 Å². The number of carbonyl (C=O) groups excluding carboxylic acids is 1. The van der Waals surface area contributed by atoms with E-state index in [2.05, 4.69) is 15.3 Å². The van der Waals surface area contributed by atoms with Crippen LogP contribution in [0.1, 0.15) is 27.3 Å². The minimum Gasteiger partial charge on any atom is -0.372 e. The number of hydrogen-bond donors (Lipinski definition) is 2. The van der Waals surface area contributed by atoms with Crippen molar-refractivity contribution < 1.29 is 9.53 Å². The second-order valence-electron chi connectivity index (χ2n) is 4.52. The first-order valence-electron chi connectivity index (χ1n) is 6.29. The number of aromatic amines is 1. The molecule has 98 valence electrons. The summed E-state index contributed by atoms with van der Waals surface area (Å²) in [5, 5.41) is 2.89. The Balaban J connectivity index is 1.58. The highest BCUT2D eigenvalue weighted by Gasteiger charge is 2.14. The van der Waals surface area contributed by atoms with Crippen LogP contribution in [0.15, 0.2) is 30.6 Å². The van der Waals surface area contributed by atoms with Gasteiger partial charge in [0.05, 0.1) is 13.2 Å². The number of ether oxygens (including phenoxy) is 1. The van der Waals surface area contributed by atoms with Gasteiger partial charge < -0.3 is 15.0 Å². The van der Waals surface area contributed by atoms with E-state index in [0.717, 1.165) is 11.4 Å². The van der Waals surface area contributed by atoms with Gasteiger partial charge in [0.25, 0.3) is 5.91 Å². The minimum absolute atomic E-state index is 0.0544. The van der Waals surface area contributed by atoms with Crippen LogP contribution in [-0.4, -0.2) is 22.4 Å². The molecule has 0 aliphatic carbocycles. The SMILES string of the molecule is O=C(NCCc1ncc[nH]1)c1ccc2c(c1)COC2. The zero-order valence-electron chi connectivity index (χ0n) is 10.5. The molecule has 0 radical (unpaired) electrons. The summed E-state index contributed by atoms with van der Waals surface area (Å²) >= 11 is 0. The second-order valence-corrected chi connectivity index (χ2v) is 4.52. The number of imidazole rings is 1. The maximum Gasteiger partial charge on any atom is 0.251 e. The molecule has 3 rings (SSSR count). The van der Waals surface area contributed by atoms with E-state index in [1.165, 1.54) is 5.56 Å². The van der Waals surface area contributed by atoms with Crippen molar-refractivity contribution in [1.29, 1.82) is 0 Å². The summed E-state index contributed by atoms with van der Waals surface area (Å²) in [5.41, 5.74) is 2.97. The van der Waals surface area contributed by atoms with Gasteiger partial charge in [-0.2, -0.15) is 0 Å². The number of rotatable bonds is 4. The largest absolute Gasteiger partial charge is 0.372 e. The number of aromatic nitrogens is 2. The van der Waals surface area contributed by atoms with E-state index < -0.39 is 0 Å². The highest BCUT2D eigenvalue weighted by Crippen LogP contribution is 2.20. The summed E-state index contributed by atoms with van der Waals surface area (Å²) in [7, 11) is 0. The lowest BCUT2D eigenvalue weighted by atomic mass is 10.1. The van der Waals surface area contributed by atoms with Crippen LogP contribution in [0.25, 0.3) is 0 Å². The van der Waals surface area contributed by atoms with E-state index >= 15 is 0 Å². The molecule has 0 fully saturated rings. The number of nitrogens with zero attached hydrogens (tertiary/aromatic N) is 1. The molecule has 1 aromatic carbocycles. The number of amides is 1. The normalized spacial score (nSPS) is 13.3. The maximum absolute atomic E-state index is 12.0. The van der Waals surface area contributed by atoms with Gasteiger partial charge in [-0.15, -0.1) is 0 Å². The van der Waals surface area contributed by atoms with Gasteiger partial charge in [-0.25, -0.2) is 4.98 Å². The fourth-order valence-corrected chi connectivity index (χ4v) is 2.14. The summed E-state index contributed by atoms with van der Waals surface area (Å²) in [4.78, 5) is 19.1. The molecule has 0 bridgehead atoms. The third-order valence-electron chi connectivity index (χ3n) is 3.19. The molecular weight excluding hydrogens is 242 g/mol. The van der Waals surface area contributed by atoms with Gasteiger partial charge in [0.1, 0.15) is 5.82 Å². The summed E-state index contributed by atoms with van der Waals surface area (Å²) in [6.45, 7) is 1.82. The monoisotopic (exact) mass is 257 g/mol. The molecule has 19 heavy (non-hydrogen) atoms. The molecule has 0 unspecified atom stereocenters. The van der Waals surface area contributed by atoms with Gasteiger partial charge in [-0.1, -0.05) is 6.07 Å². The zero-order chi connectivity index (χ0) is 13.1. The lowest BCUT2D eigenvalue weighted by Crippen LogP contribution is -2.26. The first-order chi connectivity index (χ1) is 9.33. The van der Waals surface area contributed by atoms with Gasteiger partial charge in [0.15, 0.2) is 0 Å². The molecule has 1 aromatic heterocycles. The van der Waals surface area contributed by atoms with Gasteiger partial charge in [0.2, 0.25) is 0 Å². The van der Waals surface area contributed by atoms with E-state index in [-0.39, 0.29) is 5.91 Å². The molecule has 1 amide bonds. The molecule has 5 heteroatoms. The van der Waals surface area contributed by atoms with Crippen molar-refractivity contribution in [1.82, 2.24) is 15.3 Å². The Morgan fingerprint density at radius 1 is 1.37 bits per heavy atom. The third-order valence-corrected chi connectivity index (χ3v) is 3.19. The molecule has 1 aliphatic heterocycles. The first kappa shape index (κ1) is 11.9. The topological polar surface area (TPSA) is 67.0 Å². The van der Waals surface area contributed by atoms with Crippen molar-refractivity contribution >= 4 is 5.91 Å². The molecule has 2 N–H and O–H groups in total. The predicted molar refractivity (Wildman–Crippen MR) is 69.6 cm³/mol. The minimum atomic E-state index is -0.0544. The second kappa shape index (κ2) is 5.24. The molecule has 0 spiro atoms. The summed E-state index contributed by atoms with van der Waals surface area (Å²) < 4.78 is 5.34. The van der Waals surface area contributed by atoms with Crippen LogP contribution >= 0.6 is 0 Å². The molecule has 5 nitrogen and oxygen atoms in total. The predicted octanol–water partition coefficient (Wildman–Crippen LogP) is 1.41. The Kier molecular flexibility index (Phi) is 3.29. The van der Waals surface area contributed by atoms with Crippen molar-refractivity contribution in [2.75, 3.05) is 6.54 Å². The number of carbonyl (C=O) groups is 1. The third kappa shape index (κ3) is 2.66. The Labute approximate surface area is 111 Å². The number of hydrogen-bond acceptors (Lipinski definition) is 3. The Morgan fingerprint density at radius 3 is 3.11 bits per heavy atom. The highest BCUT2D eigenvalue weighted by atomic mass is 16.5. The quantitative estimate of drug-likeness (QED) is 0.870. The average Bonchev–Trinajstić information content (AvgIpc) is 3.08. The van der Waals surface area contributed by atoms with Crippen LogP contribution in [0, 0.1) is 0 Å². The van der Waals surface area contributed by atoms with Crippen molar-refractivity contribution in [2.45, 2.75) is 19.6 Å². The standard InChI is InChI=1S/C14H15N3O2/c18-14(17-4-3-13-15-5-6-16-13)10-1-2-11-8-19-9-12(11)7-10/h1-2,5-7H,3-4,8-9H2,(H,15,16)(H,17,18). The van der Waals surface area contributed by atoms with Crippen molar-refractivity contribution in [3.8, 4) is 0 Å². The molecule has 0 atom stereocenters. The van der Waals surface area contributed by atoms with E-state index in [4.69, 9.17) is 4.74 Å². The molecule has 2 aromatic rings. The zero-order valence-corrected chi connectivity index (χ0v) is 10.5. The van der Waals surface area contributed by atoms with Gasteiger partial charge >= 0.3 is 0 Å². The van der Waals surface area contributed by atoms with Crippen LogP contribution in [0.2, 0.25) is 0 Å². The van der Waals surface area contributed by atoms with Crippen molar-refractivity contribution in [2.24, 2.45) is 0 Å². The summed E-state index contributed by atoms with van der Waals surface area (Å²) in [5.74, 6) is 0.823. The van der Waals surface area contributed by atoms with E-state index in [0.29, 0.717) is 31.7 Å². The van der Waals surface area contributed by atoms with Crippen LogP contribution in [0.3, 0.4) is 0 Å². The number of fused-ring (bicyclic) bond motifs is 1. The molecule has 0 saturated heterocycles. The van der Waals surface area contributed by atoms with E-state index in [1.54, 1.807) is 12.4 Å². The van der Waals surface area contributed by atoms with Crippen LogP contribution < -0.4 is 5.32 Å². The lowest BCUT2D eigenvalue weighted by molar-refractivity contribution is 0.0954. The van der Waals surface area contributed by atoms with E-state index in [1.807, 2.05) is 18.2 Å². The van der Waals surface area contributed by atoms with Crippen molar-refractivity contribution in [3.63, 3.8) is 0 Å². The Morgan fingerprint density at radius 2 is 2.26 bits per heavy atom. The van der Waals surface area contributed by atoms with Gasteiger partial charge in [-0.3, -0.25) is 4.79 Å². The number of nitrogens with one attached hydrogen (secondary N) is 2.